The Bertz CT molecular complexity index is 473. The molecule has 1 aliphatic heterocycles. The summed E-state index contributed by atoms with van der Waals surface area (Å²) in [4.78, 5) is 0. The van der Waals surface area contributed by atoms with E-state index in [4.69, 9.17) is 4.74 Å². The molecule has 0 spiro atoms. The minimum Gasteiger partial charge on any atom is -0.598 e. The second kappa shape index (κ2) is 5.31. The van der Waals surface area contributed by atoms with Gasteiger partial charge in [0.1, 0.15) is 16.3 Å². The van der Waals surface area contributed by atoms with Crippen LogP contribution in [-0.4, -0.2) is 15.9 Å². The minimum atomic E-state index is -1.23. The average Bonchev–Trinajstić information content (AvgIpc) is 2.73. The first-order valence-corrected chi connectivity index (χ1v) is 7.57. The molecule has 19 heavy (non-hydrogen) atoms. The van der Waals surface area contributed by atoms with Crippen molar-refractivity contribution in [3.05, 3.63) is 29.1 Å². The van der Waals surface area contributed by atoms with Gasteiger partial charge in [0.2, 0.25) is 0 Å². The number of hydrogen-bond donors (Lipinski definition) is 1. The van der Waals surface area contributed by atoms with Gasteiger partial charge in [-0.1, -0.05) is 0 Å². The highest BCUT2D eigenvalue weighted by molar-refractivity contribution is 7.90. The highest BCUT2D eigenvalue weighted by Crippen LogP contribution is 2.31. The molecule has 2 rings (SSSR count). The SMILES string of the molecule is CC(N[S@+]([O-])C(C)(C)C)c1cc2c(cc1F)CCO2. The van der Waals surface area contributed by atoms with Crippen molar-refractivity contribution in [1.29, 1.82) is 0 Å². The molecule has 1 aromatic rings. The summed E-state index contributed by atoms with van der Waals surface area (Å²) in [6, 6.07) is 2.92. The molecule has 1 aromatic carbocycles. The van der Waals surface area contributed by atoms with Crippen LogP contribution >= 0.6 is 0 Å². The Morgan fingerprint density at radius 3 is 2.74 bits per heavy atom. The van der Waals surface area contributed by atoms with Gasteiger partial charge in [0, 0.05) is 28.9 Å². The zero-order valence-corrected chi connectivity index (χ0v) is 12.6. The van der Waals surface area contributed by atoms with Crippen molar-refractivity contribution in [1.82, 2.24) is 4.72 Å². The van der Waals surface area contributed by atoms with Crippen LogP contribution in [0.3, 0.4) is 0 Å². The molecular weight excluding hydrogens is 265 g/mol. The van der Waals surface area contributed by atoms with E-state index in [1.165, 1.54) is 6.07 Å². The number of rotatable bonds is 3. The minimum absolute atomic E-state index is 0.268. The lowest BCUT2D eigenvalue weighted by atomic mass is 10.0. The van der Waals surface area contributed by atoms with Crippen molar-refractivity contribution in [2.24, 2.45) is 0 Å². The average molecular weight is 285 g/mol. The quantitative estimate of drug-likeness (QED) is 0.869. The smallest absolute Gasteiger partial charge is 0.136 e. The first-order valence-electron chi connectivity index (χ1n) is 6.42. The summed E-state index contributed by atoms with van der Waals surface area (Å²) < 4.78 is 34.1. The molecule has 1 heterocycles. The van der Waals surface area contributed by atoms with Crippen LogP contribution in [-0.2, 0) is 17.8 Å². The fourth-order valence-electron chi connectivity index (χ4n) is 1.94. The molecule has 0 radical (unpaired) electrons. The summed E-state index contributed by atoms with van der Waals surface area (Å²) >= 11 is -1.23. The molecule has 1 aliphatic rings. The van der Waals surface area contributed by atoms with Crippen molar-refractivity contribution in [3.8, 4) is 5.75 Å². The molecule has 3 nitrogen and oxygen atoms in total. The van der Waals surface area contributed by atoms with Gasteiger partial charge in [-0.25, -0.2) is 4.39 Å². The van der Waals surface area contributed by atoms with Crippen LogP contribution in [0.5, 0.6) is 5.75 Å². The van der Waals surface area contributed by atoms with Gasteiger partial charge in [0.25, 0.3) is 0 Å². The van der Waals surface area contributed by atoms with Crippen molar-refractivity contribution in [2.45, 2.75) is 44.9 Å². The third kappa shape index (κ3) is 3.22. The lowest BCUT2D eigenvalue weighted by Crippen LogP contribution is -2.40. The Morgan fingerprint density at radius 2 is 2.11 bits per heavy atom. The van der Waals surface area contributed by atoms with Gasteiger partial charge in [-0.05, 0) is 39.8 Å². The topological polar surface area (TPSA) is 44.3 Å². The molecule has 0 amide bonds. The number of benzene rings is 1. The molecule has 0 bridgehead atoms. The maximum Gasteiger partial charge on any atom is 0.136 e. The number of fused-ring (bicyclic) bond motifs is 1. The molecule has 1 unspecified atom stereocenters. The molecule has 0 saturated carbocycles. The zero-order chi connectivity index (χ0) is 14.2. The Hall–Kier alpha value is -0.780. The van der Waals surface area contributed by atoms with E-state index in [0.717, 1.165) is 17.7 Å². The van der Waals surface area contributed by atoms with Crippen LogP contribution in [0.15, 0.2) is 12.1 Å². The first kappa shape index (κ1) is 14.6. The fourth-order valence-corrected chi connectivity index (χ4v) is 2.75. The van der Waals surface area contributed by atoms with Gasteiger partial charge in [0.05, 0.1) is 12.6 Å². The molecule has 0 fully saturated rings. The molecule has 5 heteroatoms. The van der Waals surface area contributed by atoms with E-state index in [2.05, 4.69) is 4.72 Å². The second-order valence-electron chi connectivity index (χ2n) is 5.80. The van der Waals surface area contributed by atoms with Crippen molar-refractivity contribution < 1.29 is 13.7 Å². The third-order valence-electron chi connectivity index (χ3n) is 3.12. The van der Waals surface area contributed by atoms with Crippen LogP contribution in [0.1, 0.15) is 44.9 Å². The van der Waals surface area contributed by atoms with E-state index in [0.29, 0.717) is 12.2 Å². The first-order chi connectivity index (χ1) is 8.79. The summed E-state index contributed by atoms with van der Waals surface area (Å²) in [6.45, 7) is 8.05. The van der Waals surface area contributed by atoms with E-state index < -0.39 is 11.4 Å². The molecule has 0 aliphatic carbocycles. The van der Waals surface area contributed by atoms with E-state index in [-0.39, 0.29) is 16.6 Å². The highest BCUT2D eigenvalue weighted by atomic mass is 32.2. The van der Waals surface area contributed by atoms with Crippen LogP contribution in [0.4, 0.5) is 4.39 Å². The van der Waals surface area contributed by atoms with Crippen molar-refractivity contribution >= 4 is 11.4 Å². The third-order valence-corrected chi connectivity index (χ3v) is 4.80. The summed E-state index contributed by atoms with van der Waals surface area (Å²) in [5, 5.41) is 0. The van der Waals surface area contributed by atoms with Crippen LogP contribution < -0.4 is 9.46 Å². The van der Waals surface area contributed by atoms with Gasteiger partial charge >= 0.3 is 0 Å². The Balaban J connectivity index is 2.18. The lowest BCUT2D eigenvalue weighted by molar-refractivity contribution is 0.356. The lowest BCUT2D eigenvalue weighted by Gasteiger charge is -2.26. The predicted octanol–water partition coefficient (Wildman–Crippen LogP) is 2.87. The Labute approximate surface area is 116 Å². The van der Waals surface area contributed by atoms with Gasteiger partial charge in [-0.2, -0.15) is 0 Å². The van der Waals surface area contributed by atoms with Gasteiger partial charge in [0.15, 0.2) is 0 Å². The fraction of sp³-hybridized carbons (Fsp3) is 0.571. The number of ether oxygens (including phenoxy) is 1. The van der Waals surface area contributed by atoms with E-state index in [9.17, 15) is 8.94 Å². The van der Waals surface area contributed by atoms with Crippen molar-refractivity contribution in [2.75, 3.05) is 6.61 Å². The maximum absolute atomic E-state index is 14.0. The van der Waals surface area contributed by atoms with E-state index >= 15 is 0 Å². The second-order valence-corrected chi connectivity index (χ2v) is 7.80. The Kier molecular flexibility index (Phi) is 4.08. The van der Waals surface area contributed by atoms with Crippen LogP contribution in [0, 0.1) is 5.82 Å². The largest absolute Gasteiger partial charge is 0.598 e. The number of nitrogens with one attached hydrogen (secondary N) is 1. The van der Waals surface area contributed by atoms with E-state index in [1.807, 2.05) is 27.7 Å². The van der Waals surface area contributed by atoms with Crippen LogP contribution in [0.25, 0.3) is 0 Å². The zero-order valence-electron chi connectivity index (χ0n) is 11.7. The van der Waals surface area contributed by atoms with Gasteiger partial charge < -0.3 is 9.29 Å². The molecule has 1 N–H and O–H groups in total. The highest BCUT2D eigenvalue weighted by Gasteiger charge is 2.29. The van der Waals surface area contributed by atoms with E-state index in [1.54, 1.807) is 6.07 Å². The van der Waals surface area contributed by atoms with Gasteiger partial charge in [-0.3, -0.25) is 0 Å². The summed E-state index contributed by atoms with van der Waals surface area (Å²) in [6.07, 6.45) is 0.752. The molecule has 0 saturated heterocycles. The molecule has 106 valence electrons. The van der Waals surface area contributed by atoms with Crippen molar-refractivity contribution in [3.63, 3.8) is 0 Å². The summed E-state index contributed by atoms with van der Waals surface area (Å²) in [7, 11) is 0. The van der Waals surface area contributed by atoms with Crippen LogP contribution in [0.2, 0.25) is 0 Å². The predicted molar refractivity (Wildman–Crippen MR) is 75.0 cm³/mol. The standard InChI is InChI=1S/C14H20FNO2S/c1-9(16-19(17)14(2,3)4)11-8-13-10(5-6-18-13)7-12(11)15/h7-9,16H,5-6H2,1-4H3/t9?,19-/m1/s1. The van der Waals surface area contributed by atoms with Gasteiger partial charge in [-0.15, -0.1) is 4.72 Å². The summed E-state index contributed by atoms with van der Waals surface area (Å²) in [5.41, 5.74) is 1.41. The number of halogens is 1. The molecular formula is C14H20FNO2S. The maximum atomic E-state index is 14.0. The monoisotopic (exact) mass is 285 g/mol. The molecule has 2 atom stereocenters. The summed E-state index contributed by atoms with van der Waals surface area (Å²) in [5.74, 6) is 0.474. The number of hydrogen-bond acceptors (Lipinski definition) is 3. The Morgan fingerprint density at radius 1 is 1.42 bits per heavy atom. The molecule has 0 aromatic heterocycles. The normalized spacial score (nSPS) is 17.8.